The van der Waals surface area contributed by atoms with Gasteiger partial charge in [-0.15, -0.1) is 0 Å². The Bertz CT molecular complexity index is 550. The lowest BCUT2D eigenvalue weighted by Crippen LogP contribution is -2.35. The first kappa shape index (κ1) is 14.5. The molecule has 4 heteroatoms. The molecule has 19 heavy (non-hydrogen) atoms. The molecule has 0 aliphatic heterocycles. The predicted molar refractivity (Wildman–Crippen MR) is 88.0 cm³/mol. The van der Waals surface area contributed by atoms with Crippen LogP contribution < -0.4 is 5.32 Å². The molecule has 1 aromatic carbocycles. The largest absolute Gasteiger partial charge is 0.308 e. The van der Waals surface area contributed by atoms with Crippen molar-refractivity contribution in [3.63, 3.8) is 0 Å². The van der Waals surface area contributed by atoms with Crippen LogP contribution in [0, 0.1) is 3.57 Å². The summed E-state index contributed by atoms with van der Waals surface area (Å²) in [7, 11) is 1.97. The third-order valence-corrected chi connectivity index (χ3v) is 3.55. The van der Waals surface area contributed by atoms with Crippen LogP contribution >= 0.6 is 22.6 Å². The molecule has 0 unspecified atom stereocenters. The molecule has 102 valence electrons. The van der Waals surface area contributed by atoms with Crippen molar-refractivity contribution in [3.05, 3.63) is 39.6 Å². The van der Waals surface area contributed by atoms with Crippen LogP contribution in [0.15, 0.2) is 30.5 Å². The van der Waals surface area contributed by atoms with Gasteiger partial charge < -0.3 is 5.32 Å². The lowest BCUT2D eigenvalue weighted by molar-refractivity contribution is 0.424. The van der Waals surface area contributed by atoms with E-state index in [0.717, 1.165) is 12.2 Å². The fourth-order valence-electron chi connectivity index (χ4n) is 1.88. The molecule has 0 amide bonds. The SMILES string of the molecule is Cn1cc(CNC(C)(C)C)c(-c2ccc(I)cc2)n1. The Kier molecular flexibility index (Phi) is 4.30. The highest BCUT2D eigenvalue weighted by atomic mass is 127. The fourth-order valence-corrected chi connectivity index (χ4v) is 2.24. The molecular formula is C15H20IN3. The minimum atomic E-state index is 0.110. The molecule has 2 rings (SSSR count). The Morgan fingerprint density at radius 3 is 2.42 bits per heavy atom. The molecule has 0 aliphatic rings. The van der Waals surface area contributed by atoms with E-state index in [4.69, 9.17) is 0 Å². The summed E-state index contributed by atoms with van der Waals surface area (Å²) in [4.78, 5) is 0. The lowest BCUT2D eigenvalue weighted by atomic mass is 10.1. The summed E-state index contributed by atoms with van der Waals surface area (Å²) in [5, 5.41) is 8.10. The minimum Gasteiger partial charge on any atom is -0.308 e. The van der Waals surface area contributed by atoms with E-state index in [1.54, 1.807) is 0 Å². The molecule has 0 saturated carbocycles. The van der Waals surface area contributed by atoms with E-state index in [-0.39, 0.29) is 5.54 Å². The quantitative estimate of drug-likeness (QED) is 0.839. The highest BCUT2D eigenvalue weighted by Crippen LogP contribution is 2.23. The Morgan fingerprint density at radius 1 is 1.21 bits per heavy atom. The van der Waals surface area contributed by atoms with E-state index in [0.29, 0.717) is 0 Å². The summed E-state index contributed by atoms with van der Waals surface area (Å²) in [5.74, 6) is 0. The third kappa shape index (κ3) is 4.04. The van der Waals surface area contributed by atoms with Crippen molar-refractivity contribution < 1.29 is 0 Å². The number of aryl methyl sites for hydroxylation is 1. The van der Waals surface area contributed by atoms with Crippen LogP contribution in [0.4, 0.5) is 0 Å². The smallest absolute Gasteiger partial charge is 0.0967 e. The van der Waals surface area contributed by atoms with Gasteiger partial charge in [0.05, 0.1) is 5.69 Å². The summed E-state index contributed by atoms with van der Waals surface area (Å²) in [5.41, 5.74) is 3.58. The van der Waals surface area contributed by atoms with E-state index >= 15 is 0 Å². The highest BCUT2D eigenvalue weighted by molar-refractivity contribution is 14.1. The second-order valence-corrected chi connectivity index (χ2v) is 7.03. The van der Waals surface area contributed by atoms with Crippen molar-refractivity contribution in [1.82, 2.24) is 15.1 Å². The van der Waals surface area contributed by atoms with Crippen LogP contribution in [0.1, 0.15) is 26.3 Å². The van der Waals surface area contributed by atoms with Gasteiger partial charge >= 0.3 is 0 Å². The minimum absolute atomic E-state index is 0.110. The van der Waals surface area contributed by atoms with Crippen LogP contribution in [0.5, 0.6) is 0 Å². The van der Waals surface area contributed by atoms with Crippen LogP contribution in [0.2, 0.25) is 0 Å². The molecule has 0 bridgehead atoms. The van der Waals surface area contributed by atoms with Crippen molar-refractivity contribution in [2.24, 2.45) is 7.05 Å². The van der Waals surface area contributed by atoms with Gasteiger partial charge in [0, 0.05) is 40.0 Å². The van der Waals surface area contributed by atoms with E-state index in [2.05, 4.69) is 84.2 Å². The summed E-state index contributed by atoms with van der Waals surface area (Å²) in [6.07, 6.45) is 2.09. The number of halogens is 1. The molecule has 0 saturated heterocycles. The zero-order valence-corrected chi connectivity index (χ0v) is 14.0. The average molecular weight is 369 g/mol. The lowest BCUT2D eigenvalue weighted by Gasteiger charge is -2.20. The molecule has 1 heterocycles. The summed E-state index contributed by atoms with van der Waals surface area (Å²) < 4.78 is 3.12. The van der Waals surface area contributed by atoms with E-state index in [9.17, 15) is 0 Å². The molecule has 3 nitrogen and oxygen atoms in total. The first-order chi connectivity index (χ1) is 8.85. The molecular weight excluding hydrogens is 349 g/mol. The number of hydrogen-bond donors (Lipinski definition) is 1. The maximum atomic E-state index is 4.59. The molecule has 0 atom stereocenters. The number of nitrogens with one attached hydrogen (secondary N) is 1. The third-order valence-electron chi connectivity index (χ3n) is 2.83. The number of benzene rings is 1. The Hall–Kier alpha value is -0.880. The molecule has 0 fully saturated rings. The van der Waals surface area contributed by atoms with Gasteiger partial charge in [-0.2, -0.15) is 5.10 Å². The topological polar surface area (TPSA) is 29.9 Å². The summed E-state index contributed by atoms with van der Waals surface area (Å²) in [6, 6.07) is 8.49. The Balaban J connectivity index is 2.28. The zero-order chi connectivity index (χ0) is 14.0. The van der Waals surface area contributed by atoms with Gasteiger partial charge in [0.25, 0.3) is 0 Å². The number of hydrogen-bond acceptors (Lipinski definition) is 2. The monoisotopic (exact) mass is 369 g/mol. The molecule has 1 aromatic heterocycles. The van der Waals surface area contributed by atoms with E-state index in [1.807, 2.05) is 11.7 Å². The van der Waals surface area contributed by atoms with Gasteiger partial charge in [0.15, 0.2) is 0 Å². The highest BCUT2D eigenvalue weighted by Gasteiger charge is 2.14. The number of nitrogens with zero attached hydrogens (tertiary/aromatic N) is 2. The summed E-state index contributed by atoms with van der Waals surface area (Å²) >= 11 is 2.32. The van der Waals surface area contributed by atoms with Crippen molar-refractivity contribution in [1.29, 1.82) is 0 Å². The van der Waals surface area contributed by atoms with Gasteiger partial charge in [-0.1, -0.05) is 12.1 Å². The van der Waals surface area contributed by atoms with Crippen LogP contribution in [-0.4, -0.2) is 15.3 Å². The number of aromatic nitrogens is 2. The van der Waals surface area contributed by atoms with Crippen molar-refractivity contribution in [2.75, 3.05) is 0 Å². The Labute approximate surface area is 128 Å². The second kappa shape index (κ2) is 5.63. The Morgan fingerprint density at radius 2 is 1.84 bits per heavy atom. The zero-order valence-electron chi connectivity index (χ0n) is 11.9. The normalized spacial score (nSPS) is 11.8. The number of rotatable bonds is 3. The average Bonchev–Trinajstić information content (AvgIpc) is 2.68. The van der Waals surface area contributed by atoms with Crippen LogP contribution in [0.25, 0.3) is 11.3 Å². The molecule has 0 aliphatic carbocycles. The molecule has 1 N–H and O–H groups in total. The summed E-state index contributed by atoms with van der Waals surface area (Å²) in [6.45, 7) is 7.36. The first-order valence-corrected chi connectivity index (χ1v) is 7.46. The molecule has 0 radical (unpaired) electrons. The fraction of sp³-hybridized carbons (Fsp3) is 0.400. The predicted octanol–water partition coefficient (Wildman–Crippen LogP) is 3.58. The van der Waals surface area contributed by atoms with Crippen molar-refractivity contribution >= 4 is 22.6 Å². The van der Waals surface area contributed by atoms with Gasteiger partial charge in [-0.05, 0) is 55.5 Å². The van der Waals surface area contributed by atoms with Crippen molar-refractivity contribution in [3.8, 4) is 11.3 Å². The van der Waals surface area contributed by atoms with Gasteiger partial charge in [-0.25, -0.2) is 0 Å². The van der Waals surface area contributed by atoms with Crippen LogP contribution in [-0.2, 0) is 13.6 Å². The molecule has 0 spiro atoms. The first-order valence-electron chi connectivity index (χ1n) is 6.39. The van der Waals surface area contributed by atoms with E-state index in [1.165, 1.54) is 14.7 Å². The maximum absolute atomic E-state index is 4.59. The second-order valence-electron chi connectivity index (χ2n) is 5.79. The van der Waals surface area contributed by atoms with Gasteiger partial charge in [0.2, 0.25) is 0 Å². The van der Waals surface area contributed by atoms with Gasteiger partial charge in [-0.3, -0.25) is 4.68 Å². The maximum Gasteiger partial charge on any atom is 0.0967 e. The molecule has 2 aromatic rings. The van der Waals surface area contributed by atoms with E-state index < -0.39 is 0 Å². The van der Waals surface area contributed by atoms with Crippen molar-refractivity contribution in [2.45, 2.75) is 32.9 Å². The standard InChI is InChI=1S/C15H20IN3/c1-15(2,3)17-9-12-10-19(4)18-14(12)11-5-7-13(16)8-6-11/h5-8,10,17H,9H2,1-4H3. The van der Waals surface area contributed by atoms with Crippen LogP contribution in [0.3, 0.4) is 0 Å². The van der Waals surface area contributed by atoms with Gasteiger partial charge in [0.1, 0.15) is 0 Å².